The van der Waals surface area contributed by atoms with Gasteiger partial charge in [0.05, 0.1) is 0 Å². The molecule has 112 valence electrons. The Labute approximate surface area is 123 Å². The molecule has 0 spiro atoms. The van der Waals surface area contributed by atoms with Crippen molar-refractivity contribution in [1.82, 2.24) is 4.90 Å². The average molecular weight is 276 g/mol. The van der Waals surface area contributed by atoms with E-state index in [1.807, 2.05) is 0 Å². The Morgan fingerprint density at radius 2 is 2.15 bits per heavy atom. The molecule has 1 aliphatic rings. The van der Waals surface area contributed by atoms with Crippen molar-refractivity contribution in [2.24, 2.45) is 11.7 Å². The van der Waals surface area contributed by atoms with Gasteiger partial charge >= 0.3 is 0 Å². The predicted octanol–water partition coefficient (Wildman–Crippen LogP) is 2.60. The number of aryl methyl sites for hydroxylation is 1. The summed E-state index contributed by atoms with van der Waals surface area (Å²) in [6, 6.07) is 6.75. The summed E-state index contributed by atoms with van der Waals surface area (Å²) in [5.41, 5.74) is 8.76. The van der Waals surface area contributed by atoms with Crippen LogP contribution in [0.3, 0.4) is 0 Å². The predicted molar refractivity (Wildman–Crippen MR) is 84.2 cm³/mol. The minimum atomic E-state index is 0.284. The SMILES string of the molecule is Cc1ccc2c(c1)CC(CN(C)CCC(N)C(C)C)O2. The van der Waals surface area contributed by atoms with E-state index in [0.29, 0.717) is 12.0 Å². The van der Waals surface area contributed by atoms with Crippen LogP contribution in [0.25, 0.3) is 0 Å². The maximum Gasteiger partial charge on any atom is 0.123 e. The Balaban J connectivity index is 1.78. The van der Waals surface area contributed by atoms with Crippen molar-refractivity contribution >= 4 is 0 Å². The van der Waals surface area contributed by atoms with Crippen LogP contribution in [0.2, 0.25) is 0 Å². The highest BCUT2D eigenvalue weighted by Gasteiger charge is 2.24. The maximum absolute atomic E-state index is 6.10. The van der Waals surface area contributed by atoms with E-state index >= 15 is 0 Å². The molecule has 0 aliphatic carbocycles. The van der Waals surface area contributed by atoms with Crippen molar-refractivity contribution in [2.75, 3.05) is 20.1 Å². The molecule has 2 rings (SSSR count). The van der Waals surface area contributed by atoms with Crippen LogP contribution in [0.1, 0.15) is 31.4 Å². The van der Waals surface area contributed by atoms with Crippen molar-refractivity contribution in [3.63, 3.8) is 0 Å². The fraction of sp³-hybridized carbons (Fsp3) is 0.647. The first-order chi connectivity index (χ1) is 9.45. The minimum absolute atomic E-state index is 0.284. The quantitative estimate of drug-likeness (QED) is 0.868. The molecule has 1 aliphatic heterocycles. The van der Waals surface area contributed by atoms with Gasteiger partial charge in [-0.2, -0.15) is 0 Å². The van der Waals surface area contributed by atoms with Crippen molar-refractivity contribution in [2.45, 2.75) is 45.8 Å². The van der Waals surface area contributed by atoms with Gasteiger partial charge in [0.25, 0.3) is 0 Å². The molecule has 0 saturated carbocycles. The van der Waals surface area contributed by atoms with E-state index in [0.717, 1.165) is 31.7 Å². The second kappa shape index (κ2) is 6.59. The third kappa shape index (κ3) is 3.97. The molecule has 3 nitrogen and oxygen atoms in total. The Bertz CT molecular complexity index is 445. The van der Waals surface area contributed by atoms with Crippen LogP contribution >= 0.6 is 0 Å². The number of hydrogen-bond donors (Lipinski definition) is 1. The van der Waals surface area contributed by atoms with Crippen LogP contribution in [-0.2, 0) is 6.42 Å². The zero-order valence-corrected chi connectivity index (χ0v) is 13.2. The topological polar surface area (TPSA) is 38.5 Å². The molecule has 2 N–H and O–H groups in total. The highest BCUT2D eigenvalue weighted by Crippen LogP contribution is 2.29. The summed E-state index contributed by atoms with van der Waals surface area (Å²) < 4.78 is 6.01. The molecule has 1 aromatic carbocycles. The van der Waals surface area contributed by atoms with Crippen molar-refractivity contribution in [3.05, 3.63) is 29.3 Å². The molecule has 0 saturated heterocycles. The smallest absolute Gasteiger partial charge is 0.123 e. The normalized spacial score (nSPS) is 19.2. The monoisotopic (exact) mass is 276 g/mol. The molecule has 0 radical (unpaired) electrons. The molecule has 2 atom stereocenters. The number of nitrogens with zero attached hydrogens (tertiary/aromatic N) is 1. The Kier molecular flexibility index (Phi) is 5.06. The summed E-state index contributed by atoms with van der Waals surface area (Å²) in [4.78, 5) is 2.34. The van der Waals surface area contributed by atoms with Gasteiger partial charge in [-0.15, -0.1) is 0 Å². The zero-order valence-electron chi connectivity index (χ0n) is 13.2. The molecular formula is C17H28N2O. The number of fused-ring (bicyclic) bond motifs is 1. The third-order valence-electron chi connectivity index (χ3n) is 4.17. The molecule has 0 aromatic heterocycles. The van der Waals surface area contributed by atoms with E-state index in [2.05, 4.69) is 50.9 Å². The minimum Gasteiger partial charge on any atom is -0.488 e. The second-order valence-corrected chi connectivity index (χ2v) is 6.51. The van der Waals surface area contributed by atoms with Crippen molar-refractivity contribution in [3.8, 4) is 5.75 Å². The molecular weight excluding hydrogens is 248 g/mol. The van der Waals surface area contributed by atoms with Gasteiger partial charge in [0, 0.05) is 19.0 Å². The largest absolute Gasteiger partial charge is 0.488 e. The number of nitrogens with two attached hydrogens (primary N) is 1. The van der Waals surface area contributed by atoms with Gasteiger partial charge in [-0.3, -0.25) is 0 Å². The van der Waals surface area contributed by atoms with E-state index in [-0.39, 0.29) is 6.10 Å². The molecule has 2 unspecified atom stereocenters. The molecule has 0 bridgehead atoms. The molecule has 0 amide bonds. The highest BCUT2D eigenvalue weighted by atomic mass is 16.5. The molecule has 1 aromatic rings. The third-order valence-corrected chi connectivity index (χ3v) is 4.17. The first kappa shape index (κ1) is 15.3. The van der Waals surface area contributed by atoms with Crippen LogP contribution < -0.4 is 10.5 Å². The summed E-state index contributed by atoms with van der Waals surface area (Å²) in [5.74, 6) is 1.62. The van der Waals surface area contributed by atoms with Gasteiger partial charge in [-0.1, -0.05) is 31.5 Å². The first-order valence-electron chi connectivity index (χ1n) is 7.66. The molecule has 20 heavy (non-hydrogen) atoms. The van der Waals surface area contributed by atoms with Crippen molar-refractivity contribution in [1.29, 1.82) is 0 Å². The number of hydrogen-bond acceptors (Lipinski definition) is 3. The Morgan fingerprint density at radius 3 is 2.85 bits per heavy atom. The van der Waals surface area contributed by atoms with E-state index < -0.39 is 0 Å². The van der Waals surface area contributed by atoms with E-state index in [1.165, 1.54) is 11.1 Å². The second-order valence-electron chi connectivity index (χ2n) is 6.51. The van der Waals surface area contributed by atoms with E-state index in [9.17, 15) is 0 Å². The zero-order chi connectivity index (χ0) is 14.7. The van der Waals surface area contributed by atoms with Crippen molar-refractivity contribution < 1.29 is 4.74 Å². The van der Waals surface area contributed by atoms with E-state index in [4.69, 9.17) is 10.5 Å². The summed E-state index contributed by atoms with van der Waals surface area (Å²) in [6.07, 6.45) is 2.36. The number of ether oxygens (including phenoxy) is 1. The average Bonchev–Trinajstić information content (AvgIpc) is 2.76. The van der Waals surface area contributed by atoms with Crippen LogP contribution in [0, 0.1) is 12.8 Å². The lowest BCUT2D eigenvalue weighted by atomic mass is 10.0. The number of likely N-dealkylation sites (N-methyl/N-ethyl adjacent to an activating group) is 1. The summed E-state index contributed by atoms with van der Waals surface area (Å²) in [5, 5.41) is 0. The lowest BCUT2D eigenvalue weighted by Gasteiger charge is -2.23. The lowest BCUT2D eigenvalue weighted by molar-refractivity contribution is 0.164. The molecule has 3 heteroatoms. The van der Waals surface area contributed by atoms with Gasteiger partial charge in [-0.05, 0) is 44.5 Å². The Morgan fingerprint density at radius 1 is 1.40 bits per heavy atom. The maximum atomic E-state index is 6.10. The number of rotatable bonds is 6. The standard InChI is InChI=1S/C17H28N2O/c1-12(2)16(18)7-8-19(4)11-15-10-14-9-13(3)5-6-17(14)20-15/h5-6,9,12,15-16H,7-8,10-11,18H2,1-4H3. The summed E-state index contributed by atoms with van der Waals surface area (Å²) >= 11 is 0. The summed E-state index contributed by atoms with van der Waals surface area (Å²) in [6.45, 7) is 8.51. The Hall–Kier alpha value is -1.06. The molecule has 0 fully saturated rings. The lowest BCUT2D eigenvalue weighted by Crippen LogP contribution is -2.36. The fourth-order valence-corrected chi connectivity index (χ4v) is 2.69. The fourth-order valence-electron chi connectivity index (χ4n) is 2.69. The summed E-state index contributed by atoms with van der Waals surface area (Å²) in [7, 11) is 2.16. The van der Waals surface area contributed by atoms with Gasteiger partial charge in [-0.25, -0.2) is 0 Å². The van der Waals surface area contributed by atoms with Crippen LogP contribution in [0.4, 0.5) is 0 Å². The van der Waals surface area contributed by atoms with Gasteiger partial charge in [0.15, 0.2) is 0 Å². The van der Waals surface area contributed by atoms with Gasteiger partial charge < -0.3 is 15.4 Å². The van der Waals surface area contributed by atoms with Gasteiger partial charge in [0.1, 0.15) is 11.9 Å². The van der Waals surface area contributed by atoms with Crippen LogP contribution in [0.15, 0.2) is 18.2 Å². The van der Waals surface area contributed by atoms with E-state index in [1.54, 1.807) is 0 Å². The van der Waals surface area contributed by atoms with Gasteiger partial charge in [0.2, 0.25) is 0 Å². The molecule has 1 heterocycles. The highest BCUT2D eigenvalue weighted by molar-refractivity contribution is 5.40. The number of benzene rings is 1. The van der Waals surface area contributed by atoms with Crippen LogP contribution in [0.5, 0.6) is 5.75 Å². The first-order valence-corrected chi connectivity index (χ1v) is 7.66. The van der Waals surface area contributed by atoms with Crippen LogP contribution in [-0.4, -0.2) is 37.2 Å².